The molecule has 3 aromatic rings. The molecule has 0 radical (unpaired) electrons. The molecule has 1 unspecified atom stereocenters. The molecule has 28 heavy (non-hydrogen) atoms. The number of nitrogens with one attached hydrogen (secondary N) is 1. The highest BCUT2D eigenvalue weighted by atomic mass is 16.5. The van der Waals surface area contributed by atoms with Gasteiger partial charge in [-0.2, -0.15) is 0 Å². The van der Waals surface area contributed by atoms with Crippen molar-refractivity contribution in [1.82, 2.24) is 5.32 Å². The summed E-state index contributed by atoms with van der Waals surface area (Å²) in [5.41, 5.74) is 0.365. The van der Waals surface area contributed by atoms with Gasteiger partial charge in [0.15, 0.2) is 0 Å². The number of benzene rings is 3. The number of hydrogen-bond acceptors (Lipinski definition) is 3. The van der Waals surface area contributed by atoms with E-state index >= 15 is 0 Å². The van der Waals surface area contributed by atoms with Gasteiger partial charge in [-0.3, -0.25) is 4.79 Å². The van der Waals surface area contributed by atoms with E-state index in [9.17, 15) is 9.90 Å². The molecule has 1 aliphatic rings. The molecule has 4 heteroatoms. The fourth-order valence-electron chi connectivity index (χ4n) is 3.39. The van der Waals surface area contributed by atoms with Gasteiger partial charge < -0.3 is 15.2 Å². The van der Waals surface area contributed by atoms with Gasteiger partial charge in [-0.15, -0.1) is 0 Å². The fraction of sp³-hybridized carbons (Fsp3) is 0.208. The van der Waals surface area contributed by atoms with E-state index in [1.807, 2.05) is 60.7 Å². The van der Waals surface area contributed by atoms with Crippen molar-refractivity contribution >= 4 is 5.91 Å². The number of rotatable bonds is 7. The lowest BCUT2D eigenvalue weighted by Gasteiger charge is -2.29. The normalized spacial score (nSPS) is 15.5. The molecule has 1 amide bonds. The van der Waals surface area contributed by atoms with Crippen molar-refractivity contribution in [1.29, 1.82) is 0 Å². The number of aliphatic hydroxyl groups is 1. The molecule has 0 aromatic heterocycles. The van der Waals surface area contributed by atoms with Gasteiger partial charge in [-0.05, 0) is 60.7 Å². The molecule has 1 atom stereocenters. The first-order chi connectivity index (χ1) is 13.6. The SMILES string of the molecule is O=C(NCC(O)(c1ccccc1)C1CC1)c1ccc(Oc2ccccc2)cc1. The number of carbonyl (C=O) groups excluding carboxylic acids is 1. The summed E-state index contributed by atoms with van der Waals surface area (Å²) < 4.78 is 5.75. The Balaban J connectivity index is 1.40. The van der Waals surface area contributed by atoms with Crippen LogP contribution >= 0.6 is 0 Å². The molecule has 0 saturated heterocycles. The second kappa shape index (κ2) is 7.87. The van der Waals surface area contributed by atoms with E-state index in [2.05, 4.69) is 5.32 Å². The lowest BCUT2D eigenvalue weighted by molar-refractivity contribution is 0.0135. The van der Waals surface area contributed by atoms with Crippen LogP contribution in [0.1, 0.15) is 28.8 Å². The zero-order chi connectivity index (χ0) is 19.4. The Hall–Kier alpha value is -3.11. The van der Waals surface area contributed by atoms with Crippen LogP contribution in [0.4, 0.5) is 0 Å². The largest absolute Gasteiger partial charge is 0.457 e. The Labute approximate surface area is 164 Å². The molecule has 0 heterocycles. The Morgan fingerprint density at radius 2 is 1.46 bits per heavy atom. The molecule has 0 bridgehead atoms. The van der Waals surface area contributed by atoms with Gasteiger partial charge in [-0.1, -0.05) is 48.5 Å². The summed E-state index contributed by atoms with van der Waals surface area (Å²) in [6.07, 6.45) is 1.96. The molecule has 1 fully saturated rings. The Morgan fingerprint density at radius 3 is 2.07 bits per heavy atom. The van der Waals surface area contributed by atoms with E-state index in [1.165, 1.54) is 0 Å². The first-order valence-electron chi connectivity index (χ1n) is 9.54. The van der Waals surface area contributed by atoms with Gasteiger partial charge in [0, 0.05) is 5.56 Å². The molecule has 2 N–H and O–H groups in total. The summed E-state index contributed by atoms with van der Waals surface area (Å²) in [5, 5.41) is 14.1. The average Bonchev–Trinajstić information content (AvgIpc) is 3.60. The van der Waals surface area contributed by atoms with E-state index in [1.54, 1.807) is 24.3 Å². The highest BCUT2D eigenvalue weighted by Gasteiger charge is 2.45. The second-order valence-electron chi connectivity index (χ2n) is 7.19. The maximum Gasteiger partial charge on any atom is 0.251 e. The summed E-state index contributed by atoms with van der Waals surface area (Å²) in [4.78, 5) is 12.6. The molecular weight excluding hydrogens is 350 g/mol. The topological polar surface area (TPSA) is 58.6 Å². The van der Waals surface area contributed by atoms with Crippen molar-refractivity contribution in [3.05, 3.63) is 96.1 Å². The van der Waals surface area contributed by atoms with Crippen LogP contribution in [-0.2, 0) is 5.60 Å². The van der Waals surface area contributed by atoms with Crippen LogP contribution in [-0.4, -0.2) is 17.6 Å². The second-order valence-corrected chi connectivity index (χ2v) is 7.19. The minimum absolute atomic E-state index is 0.192. The summed E-state index contributed by atoms with van der Waals surface area (Å²) in [7, 11) is 0. The molecule has 1 saturated carbocycles. The third kappa shape index (κ3) is 4.07. The van der Waals surface area contributed by atoms with Crippen molar-refractivity contribution in [2.75, 3.05) is 6.54 Å². The van der Waals surface area contributed by atoms with Gasteiger partial charge in [0.1, 0.15) is 17.1 Å². The Bertz CT molecular complexity index is 921. The van der Waals surface area contributed by atoms with Crippen LogP contribution in [0.3, 0.4) is 0 Å². The van der Waals surface area contributed by atoms with Crippen molar-refractivity contribution in [2.24, 2.45) is 5.92 Å². The lowest BCUT2D eigenvalue weighted by atomic mass is 9.88. The molecular formula is C24H23NO3. The monoisotopic (exact) mass is 373 g/mol. The summed E-state index contributed by atoms with van der Waals surface area (Å²) in [6.45, 7) is 0.197. The molecule has 142 valence electrons. The van der Waals surface area contributed by atoms with Gasteiger partial charge in [0.2, 0.25) is 0 Å². The number of amides is 1. The zero-order valence-corrected chi connectivity index (χ0v) is 15.5. The molecule has 1 aliphatic carbocycles. The van der Waals surface area contributed by atoms with Crippen LogP contribution in [0.5, 0.6) is 11.5 Å². The van der Waals surface area contributed by atoms with Crippen LogP contribution in [0, 0.1) is 5.92 Å². The minimum atomic E-state index is -1.02. The van der Waals surface area contributed by atoms with Crippen LogP contribution in [0.15, 0.2) is 84.9 Å². The lowest BCUT2D eigenvalue weighted by Crippen LogP contribution is -2.42. The molecule has 0 aliphatic heterocycles. The van der Waals surface area contributed by atoms with Gasteiger partial charge in [-0.25, -0.2) is 0 Å². The predicted octanol–water partition coefficient (Wildman–Crippen LogP) is 4.51. The smallest absolute Gasteiger partial charge is 0.251 e. The maximum absolute atomic E-state index is 12.6. The number of hydrogen-bond donors (Lipinski definition) is 2. The van der Waals surface area contributed by atoms with Crippen molar-refractivity contribution in [3.8, 4) is 11.5 Å². The third-order valence-corrected chi connectivity index (χ3v) is 5.14. The van der Waals surface area contributed by atoms with Crippen LogP contribution in [0.2, 0.25) is 0 Å². The highest BCUT2D eigenvalue weighted by molar-refractivity contribution is 5.94. The molecule has 4 rings (SSSR count). The van der Waals surface area contributed by atoms with Crippen molar-refractivity contribution < 1.29 is 14.6 Å². The van der Waals surface area contributed by atoms with Crippen LogP contribution in [0.25, 0.3) is 0 Å². The highest BCUT2D eigenvalue weighted by Crippen LogP contribution is 2.45. The maximum atomic E-state index is 12.6. The molecule has 0 spiro atoms. The Morgan fingerprint density at radius 1 is 0.893 bits per heavy atom. The number of para-hydroxylation sites is 1. The first kappa shape index (κ1) is 18.3. The predicted molar refractivity (Wildman–Crippen MR) is 108 cm³/mol. The van der Waals surface area contributed by atoms with E-state index in [-0.39, 0.29) is 18.4 Å². The van der Waals surface area contributed by atoms with E-state index in [4.69, 9.17) is 4.74 Å². The van der Waals surface area contributed by atoms with E-state index in [0.717, 1.165) is 24.2 Å². The Kier molecular flexibility index (Phi) is 5.13. The number of carbonyl (C=O) groups is 1. The fourth-order valence-corrected chi connectivity index (χ4v) is 3.39. The molecule has 3 aromatic carbocycles. The summed E-state index contributed by atoms with van der Waals surface area (Å²) in [5.74, 6) is 1.40. The average molecular weight is 373 g/mol. The quantitative estimate of drug-likeness (QED) is 0.641. The van der Waals surface area contributed by atoms with Gasteiger partial charge in [0.25, 0.3) is 5.91 Å². The minimum Gasteiger partial charge on any atom is -0.457 e. The third-order valence-electron chi connectivity index (χ3n) is 5.14. The summed E-state index contributed by atoms with van der Waals surface area (Å²) in [6, 6.07) is 26.1. The summed E-state index contributed by atoms with van der Waals surface area (Å²) >= 11 is 0. The van der Waals surface area contributed by atoms with Crippen molar-refractivity contribution in [3.63, 3.8) is 0 Å². The van der Waals surface area contributed by atoms with Gasteiger partial charge in [0.05, 0.1) is 6.54 Å². The zero-order valence-electron chi connectivity index (χ0n) is 15.5. The first-order valence-corrected chi connectivity index (χ1v) is 9.54. The van der Waals surface area contributed by atoms with Crippen LogP contribution < -0.4 is 10.1 Å². The van der Waals surface area contributed by atoms with Crippen molar-refractivity contribution in [2.45, 2.75) is 18.4 Å². The standard InChI is InChI=1S/C24H23NO3/c26-23(18-11-15-22(16-12-18)28-21-9-5-2-6-10-21)25-17-24(27,20-13-14-20)19-7-3-1-4-8-19/h1-12,15-16,20,27H,13-14,17H2,(H,25,26). The van der Waals surface area contributed by atoms with E-state index < -0.39 is 5.60 Å². The molecule has 4 nitrogen and oxygen atoms in total. The number of ether oxygens (including phenoxy) is 1. The van der Waals surface area contributed by atoms with Gasteiger partial charge >= 0.3 is 0 Å². The van der Waals surface area contributed by atoms with E-state index in [0.29, 0.717) is 11.3 Å².